The van der Waals surface area contributed by atoms with Gasteiger partial charge in [-0.25, -0.2) is 4.79 Å². The molecule has 0 bridgehead atoms. The molecular weight excluding hydrogens is 230 g/mol. The normalized spacial score (nSPS) is 9.94. The fourth-order valence-corrected chi connectivity index (χ4v) is 1.74. The zero-order valence-corrected chi connectivity index (χ0v) is 11.0. The van der Waals surface area contributed by atoms with Gasteiger partial charge in [-0.05, 0) is 31.0 Å². The summed E-state index contributed by atoms with van der Waals surface area (Å²) in [5.74, 6) is -0.361. The molecule has 1 aromatic rings. The molecule has 0 fully saturated rings. The predicted octanol–water partition coefficient (Wildman–Crippen LogP) is 1.32. The maximum atomic E-state index is 11.3. The van der Waals surface area contributed by atoms with Crippen LogP contribution in [0.5, 0.6) is 0 Å². The van der Waals surface area contributed by atoms with Crippen molar-refractivity contribution in [1.82, 2.24) is 5.32 Å². The maximum absolute atomic E-state index is 11.3. The summed E-state index contributed by atoms with van der Waals surface area (Å²) >= 11 is 0. The van der Waals surface area contributed by atoms with E-state index in [2.05, 4.69) is 0 Å². The predicted molar refractivity (Wildman–Crippen MR) is 71.5 cm³/mol. The number of hydrogen-bond donors (Lipinski definition) is 2. The first-order valence-electron chi connectivity index (χ1n) is 5.78. The van der Waals surface area contributed by atoms with Gasteiger partial charge in [0, 0.05) is 25.7 Å². The number of carbonyl (C=O) groups is 2. The number of primary amides is 1. The second-order valence-electron chi connectivity index (χ2n) is 4.30. The van der Waals surface area contributed by atoms with Crippen molar-refractivity contribution in [1.29, 1.82) is 0 Å². The van der Waals surface area contributed by atoms with Crippen molar-refractivity contribution in [2.45, 2.75) is 20.3 Å². The number of nitrogens with two attached hydrogens (primary N) is 1. The molecule has 3 amide bonds. The van der Waals surface area contributed by atoms with Gasteiger partial charge in [0.15, 0.2) is 0 Å². The number of nitrogens with zero attached hydrogens (tertiary/aromatic N) is 1. The number of aryl methyl sites for hydroxylation is 1. The summed E-state index contributed by atoms with van der Waals surface area (Å²) in [7, 11) is 1.92. The van der Waals surface area contributed by atoms with Gasteiger partial charge in [-0.1, -0.05) is 12.1 Å². The van der Waals surface area contributed by atoms with Crippen molar-refractivity contribution in [3.63, 3.8) is 0 Å². The summed E-state index contributed by atoms with van der Waals surface area (Å²) in [6.07, 6.45) is 0.229. The Morgan fingerprint density at radius 1 is 1.33 bits per heavy atom. The molecule has 0 aromatic heterocycles. The molecule has 0 aliphatic rings. The standard InChI is InChI=1S/C13H19N3O2/c1-9-5-4-6-11(10(9)2)16(3)8-7-12(17)15-13(14)18/h4-6H,7-8H2,1-3H3,(H3,14,15,17,18). The Morgan fingerprint density at radius 2 is 2.00 bits per heavy atom. The molecule has 0 saturated carbocycles. The molecule has 1 rings (SSSR count). The number of amides is 3. The van der Waals surface area contributed by atoms with Gasteiger partial charge in [-0.15, -0.1) is 0 Å². The van der Waals surface area contributed by atoms with Gasteiger partial charge >= 0.3 is 6.03 Å². The molecule has 0 aliphatic carbocycles. The lowest BCUT2D eigenvalue weighted by molar-refractivity contribution is -0.119. The van der Waals surface area contributed by atoms with Gasteiger partial charge in [0.1, 0.15) is 0 Å². The number of nitrogens with one attached hydrogen (secondary N) is 1. The average molecular weight is 249 g/mol. The molecule has 0 spiro atoms. The van der Waals surface area contributed by atoms with Crippen molar-refractivity contribution >= 4 is 17.6 Å². The van der Waals surface area contributed by atoms with Crippen LogP contribution in [0.4, 0.5) is 10.5 Å². The second kappa shape index (κ2) is 6.05. The van der Waals surface area contributed by atoms with Crippen LogP contribution in [0.25, 0.3) is 0 Å². The highest BCUT2D eigenvalue weighted by molar-refractivity contribution is 5.93. The number of carbonyl (C=O) groups excluding carboxylic acids is 2. The molecule has 0 aliphatic heterocycles. The first kappa shape index (κ1) is 14.0. The minimum Gasteiger partial charge on any atom is -0.374 e. The van der Waals surface area contributed by atoms with Crippen molar-refractivity contribution < 1.29 is 9.59 Å². The van der Waals surface area contributed by atoms with E-state index in [1.54, 1.807) is 0 Å². The summed E-state index contributed by atoms with van der Waals surface area (Å²) in [6.45, 7) is 4.63. The Kier molecular flexibility index (Phi) is 4.71. The lowest BCUT2D eigenvalue weighted by Gasteiger charge is -2.22. The zero-order chi connectivity index (χ0) is 13.7. The first-order chi connectivity index (χ1) is 8.41. The summed E-state index contributed by atoms with van der Waals surface area (Å²) < 4.78 is 0. The molecule has 5 nitrogen and oxygen atoms in total. The molecule has 0 saturated heterocycles. The summed E-state index contributed by atoms with van der Waals surface area (Å²) in [6, 6.07) is 5.23. The minimum absolute atomic E-state index is 0.229. The van der Waals surface area contributed by atoms with Crippen LogP contribution in [0.1, 0.15) is 17.5 Å². The van der Waals surface area contributed by atoms with Crippen LogP contribution in [0.2, 0.25) is 0 Å². The third kappa shape index (κ3) is 3.76. The minimum atomic E-state index is -0.811. The fraction of sp³-hybridized carbons (Fsp3) is 0.385. The molecular formula is C13H19N3O2. The highest BCUT2D eigenvalue weighted by Gasteiger charge is 2.09. The number of benzene rings is 1. The van der Waals surface area contributed by atoms with Gasteiger partial charge in [0.25, 0.3) is 0 Å². The smallest absolute Gasteiger partial charge is 0.318 e. The fourth-order valence-electron chi connectivity index (χ4n) is 1.74. The Morgan fingerprint density at radius 3 is 2.61 bits per heavy atom. The molecule has 0 atom stereocenters. The number of urea groups is 1. The second-order valence-corrected chi connectivity index (χ2v) is 4.30. The van der Waals surface area contributed by atoms with Gasteiger partial charge in [-0.2, -0.15) is 0 Å². The van der Waals surface area contributed by atoms with E-state index in [0.717, 1.165) is 5.69 Å². The molecule has 18 heavy (non-hydrogen) atoms. The molecule has 1 aromatic carbocycles. The van der Waals surface area contributed by atoms with Crippen LogP contribution < -0.4 is 16.0 Å². The van der Waals surface area contributed by atoms with E-state index in [-0.39, 0.29) is 12.3 Å². The molecule has 0 unspecified atom stereocenters. The van der Waals surface area contributed by atoms with Crippen LogP contribution >= 0.6 is 0 Å². The van der Waals surface area contributed by atoms with Crippen molar-refractivity contribution in [3.05, 3.63) is 29.3 Å². The Hall–Kier alpha value is -2.04. The summed E-state index contributed by atoms with van der Waals surface area (Å²) in [5, 5.41) is 2.05. The van der Waals surface area contributed by atoms with Crippen LogP contribution in [0.3, 0.4) is 0 Å². The van der Waals surface area contributed by atoms with Crippen molar-refractivity contribution in [2.24, 2.45) is 5.73 Å². The van der Waals surface area contributed by atoms with Gasteiger partial charge < -0.3 is 10.6 Å². The van der Waals surface area contributed by atoms with Crippen LogP contribution in [0, 0.1) is 13.8 Å². The highest BCUT2D eigenvalue weighted by atomic mass is 16.2. The number of hydrogen-bond acceptors (Lipinski definition) is 3. The first-order valence-corrected chi connectivity index (χ1v) is 5.78. The molecule has 0 radical (unpaired) electrons. The van der Waals surface area contributed by atoms with E-state index in [0.29, 0.717) is 6.54 Å². The third-order valence-corrected chi connectivity index (χ3v) is 2.92. The van der Waals surface area contributed by atoms with E-state index < -0.39 is 6.03 Å². The van der Waals surface area contributed by atoms with E-state index >= 15 is 0 Å². The molecule has 3 N–H and O–H groups in total. The van der Waals surface area contributed by atoms with Gasteiger partial charge in [0.05, 0.1) is 0 Å². The third-order valence-electron chi connectivity index (χ3n) is 2.92. The van der Waals surface area contributed by atoms with E-state index in [1.165, 1.54) is 11.1 Å². The quantitative estimate of drug-likeness (QED) is 0.845. The van der Waals surface area contributed by atoms with E-state index in [4.69, 9.17) is 5.73 Å². The Labute approximate surface area is 107 Å². The highest BCUT2D eigenvalue weighted by Crippen LogP contribution is 2.21. The average Bonchev–Trinajstić information content (AvgIpc) is 2.29. The lowest BCUT2D eigenvalue weighted by Crippen LogP contribution is -2.36. The molecule has 0 heterocycles. The van der Waals surface area contributed by atoms with Crippen molar-refractivity contribution in [2.75, 3.05) is 18.5 Å². The van der Waals surface area contributed by atoms with Crippen LogP contribution in [0.15, 0.2) is 18.2 Å². The van der Waals surface area contributed by atoms with E-state index in [9.17, 15) is 9.59 Å². The molecule has 5 heteroatoms. The SMILES string of the molecule is Cc1cccc(N(C)CCC(=O)NC(N)=O)c1C. The Bertz CT molecular complexity index is 458. The zero-order valence-electron chi connectivity index (χ0n) is 11.0. The maximum Gasteiger partial charge on any atom is 0.318 e. The summed E-state index contributed by atoms with van der Waals surface area (Å²) in [4.78, 5) is 23.8. The largest absolute Gasteiger partial charge is 0.374 e. The van der Waals surface area contributed by atoms with Crippen LogP contribution in [-0.4, -0.2) is 25.5 Å². The van der Waals surface area contributed by atoms with Crippen LogP contribution in [-0.2, 0) is 4.79 Å². The topological polar surface area (TPSA) is 75.4 Å². The van der Waals surface area contributed by atoms with Gasteiger partial charge in [0.2, 0.25) is 5.91 Å². The van der Waals surface area contributed by atoms with Crippen molar-refractivity contribution in [3.8, 4) is 0 Å². The number of anilines is 1. The van der Waals surface area contributed by atoms with E-state index in [1.807, 2.05) is 49.3 Å². The number of rotatable bonds is 4. The molecule has 98 valence electrons. The number of imide groups is 1. The lowest BCUT2D eigenvalue weighted by atomic mass is 10.1. The Balaban J connectivity index is 2.60. The van der Waals surface area contributed by atoms with Gasteiger partial charge in [-0.3, -0.25) is 10.1 Å². The monoisotopic (exact) mass is 249 g/mol. The summed E-state index contributed by atoms with van der Waals surface area (Å²) in [5.41, 5.74) is 8.35.